The van der Waals surface area contributed by atoms with Crippen LogP contribution in [0.3, 0.4) is 0 Å². The van der Waals surface area contributed by atoms with E-state index in [1.54, 1.807) is 6.20 Å². The van der Waals surface area contributed by atoms with Crippen molar-refractivity contribution in [3.05, 3.63) is 72.2 Å². The third-order valence-corrected chi connectivity index (χ3v) is 6.84. The van der Waals surface area contributed by atoms with Crippen molar-refractivity contribution in [3.63, 3.8) is 0 Å². The number of sulfonamides is 1. The number of benzene rings is 2. The lowest BCUT2D eigenvalue weighted by molar-refractivity contribution is 0.168. The number of hydrogen-bond donors (Lipinski definition) is 0. The quantitative estimate of drug-likeness (QED) is 0.645. The van der Waals surface area contributed by atoms with Crippen molar-refractivity contribution >= 4 is 10.0 Å². The van der Waals surface area contributed by atoms with Gasteiger partial charge in [-0.1, -0.05) is 30.3 Å². The predicted octanol–water partition coefficient (Wildman–Crippen LogP) is 2.72. The Bertz CT molecular complexity index is 1110. The Morgan fingerprint density at radius 2 is 1.69 bits per heavy atom. The lowest BCUT2D eigenvalue weighted by atomic mass is 10.2. The second-order valence-electron chi connectivity index (χ2n) is 6.80. The molecule has 0 spiro atoms. The molecular formula is C21H20N4O3S. The molecule has 0 atom stereocenters. The second kappa shape index (κ2) is 8.17. The molecule has 0 amide bonds. The number of aromatic nitrogens is 1. The lowest BCUT2D eigenvalue weighted by Crippen LogP contribution is -2.48. The van der Waals surface area contributed by atoms with Crippen LogP contribution in [0.1, 0.15) is 11.5 Å². The molecule has 1 fully saturated rings. The highest BCUT2D eigenvalue weighted by Gasteiger charge is 2.29. The minimum absolute atomic E-state index is 0.213. The normalized spacial score (nSPS) is 15.8. The highest BCUT2D eigenvalue weighted by molar-refractivity contribution is 7.89. The van der Waals surface area contributed by atoms with Crippen molar-refractivity contribution in [2.45, 2.75) is 11.4 Å². The molecule has 1 aromatic heterocycles. The number of nitrogens with zero attached hydrogens (tertiary/aromatic N) is 4. The van der Waals surface area contributed by atoms with Gasteiger partial charge in [0.15, 0.2) is 5.76 Å². The fourth-order valence-electron chi connectivity index (χ4n) is 3.29. The molecule has 2 aromatic carbocycles. The van der Waals surface area contributed by atoms with Gasteiger partial charge in [0.25, 0.3) is 0 Å². The fourth-order valence-corrected chi connectivity index (χ4v) is 4.71. The van der Waals surface area contributed by atoms with Crippen LogP contribution in [-0.4, -0.2) is 48.8 Å². The molecule has 29 heavy (non-hydrogen) atoms. The first kappa shape index (κ1) is 19.3. The van der Waals surface area contributed by atoms with Crippen LogP contribution in [0.2, 0.25) is 0 Å². The molecule has 148 valence electrons. The van der Waals surface area contributed by atoms with Crippen molar-refractivity contribution in [1.82, 2.24) is 14.2 Å². The zero-order chi connectivity index (χ0) is 20.3. The molecule has 0 aliphatic carbocycles. The van der Waals surface area contributed by atoms with Crippen LogP contribution in [0.4, 0.5) is 0 Å². The van der Waals surface area contributed by atoms with E-state index in [0.717, 1.165) is 11.3 Å². The number of piperazine rings is 1. The Kier molecular flexibility index (Phi) is 5.45. The summed E-state index contributed by atoms with van der Waals surface area (Å²) >= 11 is 0. The van der Waals surface area contributed by atoms with E-state index < -0.39 is 10.0 Å². The van der Waals surface area contributed by atoms with E-state index in [0.29, 0.717) is 44.2 Å². The van der Waals surface area contributed by atoms with Crippen LogP contribution in [-0.2, 0) is 16.6 Å². The van der Waals surface area contributed by atoms with Crippen molar-refractivity contribution in [3.8, 4) is 17.4 Å². The van der Waals surface area contributed by atoms with E-state index in [4.69, 9.17) is 9.68 Å². The maximum Gasteiger partial charge on any atom is 0.243 e. The van der Waals surface area contributed by atoms with Gasteiger partial charge in [-0.05, 0) is 24.3 Å². The van der Waals surface area contributed by atoms with Gasteiger partial charge < -0.3 is 4.42 Å². The van der Waals surface area contributed by atoms with Gasteiger partial charge in [-0.3, -0.25) is 4.90 Å². The molecule has 1 aliphatic heterocycles. The number of hydrogen-bond acceptors (Lipinski definition) is 6. The van der Waals surface area contributed by atoms with Crippen LogP contribution in [0.5, 0.6) is 0 Å². The number of oxazole rings is 1. The Labute approximate surface area is 169 Å². The van der Waals surface area contributed by atoms with Crippen LogP contribution in [0, 0.1) is 11.3 Å². The van der Waals surface area contributed by atoms with Crippen molar-refractivity contribution < 1.29 is 12.8 Å². The molecule has 8 heteroatoms. The Morgan fingerprint density at radius 3 is 2.34 bits per heavy atom. The highest BCUT2D eigenvalue weighted by atomic mass is 32.2. The Morgan fingerprint density at radius 1 is 1.00 bits per heavy atom. The smallest absolute Gasteiger partial charge is 0.243 e. The summed E-state index contributed by atoms with van der Waals surface area (Å²) in [5.41, 5.74) is 1.42. The van der Waals surface area contributed by atoms with Gasteiger partial charge >= 0.3 is 0 Å². The summed E-state index contributed by atoms with van der Waals surface area (Å²) in [6.07, 6.45) is 1.72. The van der Waals surface area contributed by atoms with Gasteiger partial charge in [0.05, 0.1) is 29.3 Å². The van der Waals surface area contributed by atoms with Gasteiger partial charge in [0.1, 0.15) is 0 Å². The van der Waals surface area contributed by atoms with Crippen LogP contribution in [0.15, 0.2) is 70.1 Å². The topological polar surface area (TPSA) is 90.4 Å². The molecule has 0 radical (unpaired) electrons. The minimum Gasteiger partial charge on any atom is -0.439 e. The molecule has 0 N–H and O–H groups in total. The average molecular weight is 408 g/mol. The number of rotatable bonds is 5. The standard InChI is InChI=1S/C21H20N4O3S/c22-14-17-6-8-19(9-7-17)29(26,27)25-12-10-24(11-13-25)16-21-23-15-20(28-21)18-4-2-1-3-5-18/h1-9,15H,10-13,16H2. The first-order chi connectivity index (χ1) is 14.1. The number of nitriles is 1. The Hall–Kier alpha value is -2.99. The lowest BCUT2D eigenvalue weighted by Gasteiger charge is -2.33. The first-order valence-electron chi connectivity index (χ1n) is 9.29. The molecule has 0 saturated carbocycles. The summed E-state index contributed by atoms with van der Waals surface area (Å²) in [4.78, 5) is 6.70. The summed E-state index contributed by atoms with van der Waals surface area (Å²) in [6.45, 7) is 2.53. The van der Waals surface area contributed by atoms with Crippen molar-refractivity contribution in [2.75, 3.05) is 26.2 Å². The monoisotopic (exact) mass is 408 g/mol. The molecular weight excluding hydrogens is 388 g/mol. The Balaban J connectivity index is 1.37. The van der Waals surface area contributed by atoms with Gasteiger partial charge in [-0.25, -0.2) is 13.4 Å². The second-order valence-corrected chi connectivity index (χ2v) is 8.74. The third kappa shape index (κ3) is 4.22. The molecule has 1 saturated heterocycles. The highest BCUT2D eigenvalue weighted by Crippen LogP contribution is 2.22. The maximum absolute atomic E-state index is 12.8. The largest absolute Gasteiger partial charge is 0.439 e. The van der Waals surface area contributed by atoms with Crippen LogP contribution < -0.4 is 0 Å². The molecule has 4 rings (SSSR count). The summed E-state index contributed by atoms with van der Waals surface area (Å²) in [5, 5.41) is 8.87. The molecule has 7 nitrogen and oxygen atoms in total. The maximum atomic E-state index is 12.8. The van der Waals surface area contributed by atoms with E-state index in [2.05, 4.69) is 9.88 Å². The summed E-state index contributed by atoms with van der Waals surface area (Å²) in [7, 11) is -3.56. The zero-order valence-electron chi connectivity index (χ0n) is 15.7. The van der Waals surface area contributed by atoms with Crippen LogP contribution in [0.25, 0.3) is 11.3 Å². The van der Waals surface area contributed by atoms with Gasteiger partial charge in [0.2, 0.25) is 15.9 Å². The van der Waals surface area contributed by atoms with Gasteiger partial charge in [-0.2, -0.15) is 9.57 Å². The fraction of sp³-hybridized carbons (Fsp3) is 0.238. The van der Waals surface area contributed by atoms with Crippen molar-refractivity contribution in [2.24, 2.45) is 0 Å². The van der Waals surface area contributed by atoms with E-state index in [-0.39, 0.29) is 4.90 Å². The van der Waals surface area contributed by atoms with Gasteiger partial charge in [0, 0.05) is 31.7 Å². The molecule has 0 bridgehead atoms. The zero-order valence-corrected chi connectivity index (χ0v) is 16.5. The van der Waals surface area contributed by atoms with E-state index in [9.17, 15) is 8.42 Å². The van der Waals surface area contributed by atoms with E-state index in [1.165, 1.54) is 28.6 Å². The van der Waals surface area contributed by atoms with Crippen LogP contribution >= 0.6 is 0 Å². The SMILES string of the molecule is N#Cc1ccc(S(=O)(=O)N2CCN(Cc3ncc(-c4ccccc4)o3)CC2)cc1. The first-order valence-corrected chi connectivity index (χ1v) is 10.7. The average Bonchev–Trinajstić information content (AvgIpc) is 3.23. The molecule has 1 aliphatic rings. The van der Waals surface area contributed by atoms with Crippen molar-refractivity contribution in [1.29, 1.82) is 5.26 Å². The molecule has 2 heterocycles. The van der Waals surface area contributed by atoms with E-state index >= 15 is 0 Å². The van der Waals surface area contributed by atoms with Gasteiger partial charge in [-0.15, -0.1) is 0 Å². The summed E-state index contributed by atoms with van der Waals surface area (Å²) < 4.78 is 32.9. The minimum atomic E-state index is -3.56. The van der Waals surface area contributed by atoms with E-state index in [1.807, 2.05) is 36.4 Å². The summed E-state index contributed by atoms with van der Waals surface area (Å²) in [5.74, 6) is 1.34. The summed E-state index contributed by atoms with van der Waals surface area (Å²) in [6, 6.07) is 17.8. The molecule has 0 unspecified atom stereocenters. The predicted molar refractivity (Wildman–Crippen MR) is 107 cm³/mol. The third-order valence-electron chi connectivity index (χ3n) is 4.92. The molecule has 3 aromatic rings.